The summed E-state index contributed by atoms with van der Waals surface area (Å²) >= 11 is 0. The molecule has 0 aliphatic carbocycles. The summed E-state index contributed by atoms with van der Waals surface area (Å²) in [5, 5.41) is 0. The van der Waals surface area contributed by atoms with Crippen molar-refractivity contribution in [2.24, 2.45) is 22.7 Å². The van der Waals surface area contributed by atoms with Crippen LogP contribution in [-0.2, 0) is 0 Å². The van der Waals surface area contributed by atoms with Crippen molar-refractivity contribution in [1.29, 1.82) is 0 Å². The van der Waals surface area contributed by atoms with Gasteiger partial charge in [-0.25, -0.2) is 0 Å². The molecule has 0 aliphatic rings. The number of allylic oxidation sites excluding steroid dienone is 1. The molecule has 1 nitrogen and oxygen atoms in total. The maximum absolute atomic E-state index is 4.19. The third kappa shape index (κ3) is 6.09. The van der Waals surface area contributed by atoms with Crippen LogP contribution < -0.4 is 0 Å². The van der Waals surface area contributed by atoms with Crippen LogP contribution in [0.5, 0.6) is 0 Å². The zero-order chi connectivity index (χ0) is 12.4. The van der Waals surface area contributed by atoms with Crippen LogP contribution in [0.1, 0.15) is 60.3 Å². The van der Waals surface area contributed by atoms with E-state index >= 15 is 0 Å². The molecule has 0 aromatic rings. The second kappa shape index (κ2) is 9.62. The highest BCUT2D eigenvalue weighted by molar-refractivity contribution is 5.54. The lowest BCUT2D eigenvalue weighted by Gasteiger charge is -2.26. The molecule has 0 fully saturated rings. The van der Waals surface area contributed by atoms with E-state index in [1.54, 1.807) is 0 Å². The maximum Gasteiger partial charge on any atom is 0.0226 e. The SMILES string of the molecule is CC=N/C=C\C(C(C)CC)C(C)CCCC. The summed E-state index contributed by atoms with van der Waals surface area (Å²) in [6.45, 7) is 11.2. The van der Waals surface area contributed by atoms with E-state index < -0.39 is 0 Å². The van der Waals surface area contributed by atoms with E-state index in [2.05, 4.69) is 38.8 Å². The lowest BCUT2D eigenvalue weighted by Crippen LogP contribution is -2.17. The highest BCUT2D eigenvalue weighted by Crippen LogP contribution is 2.28. The lowest BCUT2D eigenvalue weighted by atomic mass is 9.80. The minimum absolute atomic E-state index is 0.681. The molecule has 0 aliphatic heterocycles. The van der Waals surface area contributed by atoms with Crippen LogP contribution in [0.3, 0.4) is 0 Å². The van der Waals surface area contributed by atoms with Gasteiger partial charge >= 0.3 is 0 Å². The molecule has 0 saturated carbocycles. The van der Waals surface area contributed by atoms with Crippen molar-refractivity contribution in [3.05, 3.63) is 12.3 Å². The molecular weight excluding hydrogens is 194 g/mol. The highest BCUT2D eigenvalue weighted by Gasteiger charge is 2.19. The fourth-order valence-electron chi connectivity index (χ4n) is 2.17. The normalized spacial score (nSPS) is 18.1. The van der Waals surface area contributed by atoms with Gasteiger partial charge in [-0.05, 0) is 24.7 Å². The molecule has 0 amide bonds. The number of nitrogens with zero attached hydrogens (tertiary/aromatic N) is 1. The molecule has 0 N–H and O–H groups in total. The van der Waals surface area contributed by atoms with E-state index in [9.17, 15) is 0 Å². The van der Waals surface area contributed by atoms with Gasteiger partial charge in [0.25, 0.3) is 0 Å². The maximum atomic E-state index is 4.19. The first-order valence-corrected chi connectivity index (χ1v) is 6.81. The van der Waals surface area contributed by atoms with Crippen molar-refractivity contribution in [1.82, 2.24) is 0 Å². The smallest absolute Gasteiger partial charge is 0.0226 e. The van der Waals surface area contributed by atoms with Crippen LogP contribution in [0.15, 0.2) is 17.3 Å². The fourth-order valence-corrected chi connectivity index (χ4v) is 2.17. The number of hydrogen-bond donors (Lipinski definition) is 0. The molecule has 0 aromatic heterocycles. The molecule has 0 heterocycles. The minimum atomic E-state index is 0.681. The van der Waals surface area contributed by atoms with E-state index in [1.807, 2.05) is 19.3 Å². The van der Waals surface area contributed by atoms with E-state index in [4.69, 9.17) is 0 Å². The van der Waals surface area contributed by atoms with Crippen LogP contribution in [0.25, 0.3) is 0 Å². The van der Waals surface area contributed by atoms with E-state index in [0.717, 1.165) is 11.8 Å². The summed E-state index contributed by atoms with van der Waals surface area (Å²) in [6, 6.07) is 0. The molecule has 0 radical (unpaired) electrons. The largest absolute Gasteiger partial charge is 0.270 e. The Balaban J connectivity index is 4.40. The second-order valence-electron chi connectivity index (χ2n) is 4.83. The molecule has 16 heavy (non-hydrogen) atoms. The van der Waals surface area contributed by atoms with Gasteiger partial charge in [-0.15, -0.1) is 0 Å². The zero-order valence-corrected chi connectivity index (χ0v) is 11.7. The van der Waals surface area contributed by atoms with E-state index in [1.165, 1.54) is 25.7 Å². The Labute approximate surface area is 102 Å². The third-order valence-electron chi connectivity index (χ3n) is 3.51. The van der Waals surface area contributed by atoms with Gasteiger partial charge in [0.15, 0.2) is 0 Å². The first-order valence-electron chi connectivity index (χ1n) is 6.81. The van der Waals surface area contributed by atoms with Crippen LogP contribution in [-0.4, -0.2) is 6.21 Å². The Hall–Kier alpha value is -0.590. The topological polar surface area (TPSA) is 12.4 Å². The fraction of sp³-hybridized carbons (Fsp3) is 0.800. The van der Waals surface area contributed by atoms with Crippen molar-refractivity contribution in [2.75, 3.05) is 0 Å². The van der Waals surface area contributed by atoms with E-state index in [0.29, 0.717) is 5.92 Å². The minimum Gasteiger partial charge on any atom is -0.270 e. The van der Waals surface area contributed by atoms with E-state index in [-0.39, 0.29) is 0 Å². The molecule has 0 rings (SSSR count). The number of rotatable bonds is 8. The molecule has 0 bridgehead atoms. The van der Waals surface area contributed by atoms with Gasteiger partial charge < -0.3 is 0 Å². The summed E-state index contributed by atoms with van der Waals surface area (Å²) in [7, 11) is 0. The van der Waals surface area contributed by atoms with Gasteiger partial charge in [0.05, 0.1) is 0 Å². The number of unbranched alkanes of at least 4 members (excludes halogenated alkanes) is 1. The van der Waals surface area contributed by atoms with Gasteiger partial charge in [-0.1, -0.05) is 59.5 Å². The Morgan fingerprint density at radius 3 is 2.31 bits per heavy atom. The molecule has 0 saturated heterocycles. The Morgan fingerprint density at radius 1 is 1.12 bits per heavy atom. The van der Waals surface area contributed by atoms with Crippen LogP contribution in [0.2, 0.25) is 0 Å². The molecule has 1 heteroatoms. The van der Waals surface area contributed by atoms with Crippen molar-refractivity contribution in [2.45, 2.75) is 60.3 Å². The third-order valence-corrected chi connectivity index (χ3v) is 3.51. The summed E-state index contributed by atoms with van der Waals surface area (Å²) in [4.78, 5) is 4.19. The number of aliphatic imine (C=N–C) groups is 1. The Bertz CT molecular complexity index is 205. The summed E-state index contributed by atoms with van der Waals surface area (Å²) in [5.74, 6) is 2.22. The van der Waals surface area contributed by atoms with Gasteiger partial charge in [0.1, 0.15) is 0 Å². The van der Waals surface area contributed by atoms with Crippen LogP contribution in [0, 0.1) is 17.8 Å². The number of hydrogen-bond acceptors (Lipinski definition) is 1. The standard InChI is InChI=1S/C15H29N/c1-6-9-10-14(5)15(13(4)7-2)11-12-16-8-3/h8,11-15H,6-7,9-10H2,1-5H3/b12-11-,16-8?. The molecule has 0 aromatic carbocycles. The average molecular weight is 223 g/mol. The summed E-state index contributed by atoms with van der Waals surface area (Å²) in [6.07, 6.45) is 11.4. The van der Waals surface area contributed by atoms with Gasteiger partial charge in [-0.3, -0.25) is 4.99 Å². The Kier molecular flexibility index (Phi) is 9.27. The lowest BCUT2D eigenvalue weighted by molar-refractivity contribution is 0.288. The van der Waals surface area contributed by atoms with Crippen molar-refractivity contribution in [3.63, 3.8) is 0 Å². The van der Waals surface area contributed by atoms with Crippen molar-refractivity contribution in [3.8, 4) is 0 Å². The molecule has 94 valence electrons. The predicted octanol–water partition coefficient (Wildman–Crippen LogP) is 5.08. The first-order chi connectivity index (χ1) is 7.67. The first kappa shape index (κ1) is 15.4. The van der Waals surface area contributed by atoms with Crippen molar-refractivity contribution < 1.29 is 0 Å². The molecular formula is C15H29N. The van der Waals surface area contributed by atoms with Gasteiger partial charge in [-0.2, -0.15) is 0 Å². The summed E-state index contributed by atoms with van der Waals surface area (Å²) in [5.41, 5.74) is 0. The summed E-state index contributed by atoms with van der Waals surface area (Å²) < 4.78 is 0. The zero-order valence-electron chi connectivity index (χ0n) is 11.7. The van der Waals surface area contributed by atoms with Gasteiger partial charge in [0.2, 0.25) is 0 Å². The predicted molar refractivity (Wildman–Crippen MR) is 74.9 cm³/mol. The molecule has 3 unspecified atom stereocenters. The molecule has 0 spiro atoms. The highest BCUT2D eigenvalue weighted by atomic mass is 14.6. The molecule has 3 atom stereocenters. The monoisotopic (exact) mass is 223 g/mol. The quantitative estimate of drug-likeness (QED) is 0.509. The Morgan fingerprint density at radius 2 is 1.81 bits per heavy atom. The van der Waals surface area contributed by atoms with Crippen molar-refractivity contribution >= 4 is 6.21 Å². The van der Waals surface area contributed by atoms with Crippen LogP contribution in [0.4, 0.5) is 0 Å². The van der Waals surface area contributed by atoms with Crippen LogP contribution >= 0.6 is 0 Å². The van der Waals surface area contributed by atoms with Gasteiger partial charge in [0, 0.05) is 12.4 Å². The second-order valence-corrected chi connectivity index (χ2v) is 4.83. The average Bonchev–Trinajstić information content (AvgIpc) is 2.30.